The summed E-state index contributed by atoms with van der Waals surface area (Å²) in [6, 6.07) is 16.3. The molecule has 2 aromatic carbocycles. The first-order valence-electron chi connectivity index (χ1n) is 7.42. The highest BCUT2D eigenvalue weighted by atomic mass is 16.5. The first-order valence-corrected chi connectivity index (χ1v) is 7.42. The number of carboxylic acids is 1. The van der Waals surface area contributed by atoms with Crippen LogP contribution in [-0.2, 0) is 21.6 Å². The number of amides is 1. The largest absolute Gasteiger partial charge is 0.481 e. The lowest BCUT2D eigenvalue weighted by molar-refractivity contribution is -0.140. The lowest BCUT2D eigenvalue weighted by Gasteiger charge is -2.12. The molecule has 2 N–H and O–H groups in total. The van der Waals surface area contributed by atoms with Crippen molar-refractivity contribution in [3.8, 4) is 0 Å². The number of carbonyl (C=O) groups is 2. The number of carboxylic acid groups (broad SMARTS) is 1. The lowest BCUT2D eigenvalue weighted by atomic mass is 9.96. The molecular formula is C18H17NO4. The fourth-order valence-corrected chi connectivity index (χ4v) is 2.52. The van der Waals surface area contributed by atoms with E-state index in [-0.39, 0.29) is 6.61 Å². The molecule has 1 saturated carbocycles. The van der Waals surface area contributed by atoms with E-state index in [2.05, 4.69) is 5.32 Å². The highest BCUT2D eigenvalue weighted by Gasteiger charge is 2.51. The Morgan fingerprint density at radius 1 is 1.09 bits per heavy atom. The predicted molar refractivity (Wildman–Crippen MR) is 85.2 cm³/mol. The van der Waals surface area contributed by atoms with Crippen LogP contribution >= 0.6 is 0 Å². The van der Waals surface area contributed by atoms with E-state index in [1.54, 1.807) is 24.3 Å². The third-order valence-corrected chi connectivity index (χ3v) is 4.03. The SMILES string of the molecule is O=C(Nc1cccc(C2(C(=O)O)CC2)c1)OCc1ccccc1. The number of carbonyl (C=O) groups excluding carboxylic acids is 1. The van der Waals surface area contributed by atoms with E-state index in [1.807, 2.05) is 30.3 Å². The quantitative estimate of drug-likeness (QED) is 0.885. The van der Waals surface area contributed by atoms with E-state index < -0.39 is 17.5 Å². The normalized spacial score (nSPS) is 14.8. The number of anilines is 1. The molecule has 1 aliphatic carbocycles. The Morgan fingerprint density at radius 2 is 1.83 bits per heavy atom. The van der Waals surface area contributed by atoms with Gasteiger partial charge in [0.15, 0.2) is 0 Å². The molecule has 0 aromatic heterocycles. The van der Waals surface area contributed by atoms with Gasteiger partial charge < -0.3 is 9.84 Å². The molecule has 0 aliphatic heterocycles. The zero-order chi connectivity index (χ0) is 16.3. The van der Waals surface area contributed by atoms with Gasteiger partial charge >= 0.3 is 12.1 Å². The van der Waals surface area contributed by atoms with Crippen LogP contribution in [0.1, 0.15) is 24.0 Å². The molecule has 5 nitrogen and oxygen atoms in total. The highest BCUT2D eigenvalue weighted by molar-refractivity contribution is 5.87. The van der Waals surface area contributed by atoms with Crippen LogP contribution in [0.15, 0.2) is 54.6 Å². The van der Waals surface area contributed by atoms with Crippen molar-refractivity contribution in [3.63, 3.8) is 0 Å². The van der Waals surface area contributed by atoms with Gasteiger partial charge in [0.2, 0.25) is 0 Å². The van der Waals surface area contributed by atoms with Crippen molar-refractivity contribution in [1.82, 2.24) is 0 Å². The van der Waals surface area contributed by atoms with Crippen molar-refractivity contribution in [2.24, 2.45) is 0 Å². The summed E-state index contributed by atoms with van der Waals surface area (Å²) in [6.45, 7) is 0.186. The Bertz CT molecular complexity index is 723. The maximum Gasteiger partial charge on any atom is 0.411 e. The lowest BCUT2D eigenvalue weighted by Crippen LogP contribution is -2.20. The van der Waals surface area contributed by atoms with Gasteiger partial charge in [0.25, 0.3) is 0 Å². The van der Waals surface area contributed by atoms with E-state index >= 15 is 0 Å². The first kappa shape index (κ1) is 15.1. The molecular weight excluding hydrogens is 294 g/mol. The molecule has 118 valence electrons. The third kappa shape index (κ3) is 3.34. The summed E-state index contributed by atoms with van der Waals surface area (Å²) in [7, 11) is 0. The zero-order valence-electron chi connectivity index (χ0n) is 12.5. The number of benzene rings is 2. The number of hydrogen-bond acceptors (Lipinski definition) is 3. The summed E-state index contributed by atoms with van der Waals surface area (Å²) >= 11 is 0. The van der Waals surface area contributed by atoms with Gasteiger partial charge in [0, 0.05) is 5.69 Å². The van der Waals surface area contributed by atoms with Crippen LogP contribution in [0.3, 0.4) is 0 Å². The Kier molecular flexibility index (Phi) is 4.02. The van der Waals surface area contributed by atoms with E-state index in [0.717, 1.165) is 5.56 Å². The van der Waals surface area contributed by atoms with Crippen molar-refractivity contribution in [2.45, 2.75) is 24.9 Å². The van der Waals surface area contributed by atoms with Crippen LogP contribution in [-0.4, -0.2) is 17.2 Å². The molecule has 5 heteroatoms. The second-order valence-corrected chi connectivity index (χ2v) is 5.65. The van der Waals surface area contributed by atoms with Gasteiger partial charge in [-0.05, 0) is 36.1 Å². The van der Waals surface area contributed by atoms with Crippen LogP contribution in [0.4, 0.5) is 10.5 Å². The number of aliphatic carboxylic acids is 1. The number of rotatable bonds is 5. The predicted octanol–water partition coefficient (Wildman–Crippen LogP) is 3.55. The molecule has 0 unspecified atom stereocenters. The average molecular weight is 311 g/mol. The minimum Gasteiger partial charge on any atom is -0.481 e. The van der Waals surface area contributed by atoms with Crippen molar-refractivity contribution in [2.75, 3.05) is 5.32 Å². The summed E-state index contributed by atoms with van der Waals surface area (Å²) in [5, 5.41) is 12.0. The maximum atomic E-state index is 11.8. The van der Waals surface area contributed by atoms with Gasteiger partial charge in [0.1, 0.15) is 6.61 Å². The third-order valence-electron chi connectivity index (χ3n) is 4.03. The second-order valence-electron chi connectivity index (χ2n) is 5.65. The van der Waals surface area contributed by atoms with E-state index in [4.69, 9.17) is 4.74 Å². The minimum absolute atomic E-state index is 0.186. The summed E-state index contributed by atoms with van der Waals surface area (Å²) in [5.74, 6) is -0.818. The average Bonchev–Trinajstić information content (AvgIpc) is 3.36. The Hall–Kier alpha value is -2.82. The molecule has 0 bridgehead atoms. The molecule has 0 heterocycles. The summed E-state index contributed by atoms with van der Waals surface area (Å²) in [4.78, 5) is 23.2. The molecule has 1 fully saturated rings. The Labute approximate surface area is 133 Å². The highest BCUT2D eigenvalue weighted by Crippen LogP contribution is 2.48. The Morgan fingerprint density at radius 3 is 2.48 bits per heavy atom. The van der Waals surface area contributed by atoms with Gasteiger partial charge in [-0.25, -0.2) is 4.79 Å². The minimum atomic E-state index is -0.818. The van der Waals surface area contributed by atoms with Crippen molar-refractivity contribution in [1.29, 1.82) is 0 Å². The van der Waals surface area contributed by atoms with Gasteiger partial charge in [0.05, 0.1) is 5.41 Å². The van der Waals surface area contributed by atoms with Crippen LogP contribution in [0.25, 0.3) is 0 Å². The summed E-state index contributed by atoms with van der Waals surface area (Å²) in [6.07, 6.45) is 0.695. The smallest absolute Gasteiger partial charge is 0.411 e. The fourth-order valence-electron chi connectivity index (χ4n) is 2.52. The molecule has 0 spiro atoms. The molecule has 1 amide bonds. The van der Waals surface area contributed by atoms with Crippen LogP contribution in [0, 0.1) is 0 Å². The summed E-state index contributed by atoms with van der Waals surface area (Å²) < 4.78 is 5.15. The molecule has 0 radical (unpaired) electrons. The monoisotopic (exact) mass is 311 g/mol. The van der Waals surface area contributed by atoms with Crippen molar-refractivity contribution < 1.29 is 19.4 Å². The first-order chi connectivity index (χ1) is 11.1. The molecule has 23 heavy (non-hydrogen) atoms. The topological polar surface area (TPSA) is 75.6 Å². The van der Waals surface area contributed by atoms with Crippen molar-refractivity contribution >= 4 is 17.7 Å². The van der Waals surface area contributed by atoms with Gasteiger partial charge in [-0.15, -0.1) is 0 Å². The fraction of sp³-hybridized carbons (Fsp3) is 0.222. The van der Waals surface area contributed by atoms with E-state index in [1.165, 1.54) is 0 Å². The maximum absolute atomic E-state index is 11.8. The molecule has 3 rings (SSSR count). The molecule has 2 aromatic rings. The van der Waals surface area contributed by atoms with E-state index in [9.17, 15) is 14.7 Å². The van der Waals surface area contributed by atoms with Crippen LogP contribution in [0.5, 0.6) is 0 Å². The number of nitrogens with one attached hydrogen (secondary N) is 1. The molecule has 0 atom stereocenters. The number of ether oxygens (including phenoxy) is 1. The second kappa shape index (κ2) is 6.12. The van der Waals surface area contributed by atoms with Crippen LogP contribution in [0.2, 0.25) is 0 Å². The van der Waals surface area contributed by atoms with Crippen LogP contribution < -0.4 is 5.32 Å². The zero-order valence-corrected chi connectivity index (χ0v) is 12.5. The Balaban J connectivity index is 1.62. The summed E-state index contributed by atoms with van der Waals surface area (Å²) in [5.41, 5.74) is 1.36. The van der Waals surface area contributed by atoms with E-state index in [0.29, 0.717) is 24.1 Å². The van der Waals surface area contributed by atoms with Gasteiger partial charge in [-0.3, -0.25) is 10.1 Å². The standard InChI is InChI=1S/C18H17NO4/c20-16(21)18(9-10-18)14-7-4-8-15(11-14)19-17(22)23-12-13-5-2-1-3-6-13/h1-8,11H,9-10,12H2,(H,19,22)(H,20,21). The molecule has 1 aliphatic rings. The number of hydrogen-bond donors (Lipinski definition) is 2. The van der Waals surface area contributed by atoms with Gasteiger partial charge in [-0.2, -0.15) is 0 Å². The molecule has 0 saturated heterocycles. The van der Waals surface area contributed by atoms with Gasteiger partial charge in [-0.1, -0.05) is 42.5 Å². The van der Waals surface area contributed by atoms with Crippen molar-refractivity contribution in [3.05, 3.63) is 65.7 Å².